The van der Waals surface area contributed by atoms with E-state index >= 15 is 0 Å². The van der Waals surface area contributed by atoms with Crippen molar-refractivity contribution in [3.63, 3.8) is 0 Å². The Hall–Kier alpha value is -2.42. The summed E-state index contributed by atoms with van der Waals surface area (Å²) in [5.74, 6) is 1.35. The molecule has 0 spiro atoms. The standard InChI is InChI=1S/C18H23N3O3/c19-9-4-10-21(15-5-2-1-3-6-15)18(22)20-14-7-8-16-17(13-14)24-12-11-23-16/h7-8,13,15H,1-6,10-12H2,(H,20,22). The molecule has 0 unspecified atom stereocenters. The number of ether oxygens (including phenoxy) is 2. The molecule has 0 aromatic heterocycles. The second-order valence-electron chi connectivity index (χ2n) is 6.18. The Morgan fingerprint density at radius 2 is 1.96 bits per heavy atom. The van der Waals surface area contributed by atoms with Gasteiger partial charge in [0.1, 0.15) is 13.2 Å². The van der Waals surface area contributed by atoms with Gasteiger partial charge in [0.2, 0.25) is 0 Å². The van der Waals surface area contributed by atoms with Gasteiger partial charge in [-0.3, -0.25) is 0 Å². The molecule has 1 aromatic carbocycles. The molecular formula is C18H23N3O3. The van der Waals surface area contributed by atoms with E-state index in [0.29, 0.717) is 43.4 Å². The van der Waals surface area contributed by atoms with E-state index in [4.69, 9.17) is 14.7 Å². The Bertz CT molecular complexity index is 620. The van der Waals surface area contributed by atoms with Crippen LogP contribution in [0.1, 0.15) is 38.5 Å². The molecule has 3 rings (SSSR count). The van der Waals surface area contributed by atoms with Crippen molar-refractivity contribution in [2.75, 3.05) is 25.1 Å². The van der Waals surface area contributed by atoms with Gasteiger partial charge in [0.25, 0.3) is 0 Å². The molecule has 1 aliphatic heterocycles. The number of benzene rings is 1. The SMILES string of the molecule is N#CCCN(C(=O)Nc1ccc2c(c1)OCCO2)C1CCCCC1. The lowest BCUT2D eigenvalue weighted by Crippen LogP contribution is -2.44. The number of hydrogen-bond donors (Lipinski definition) is 1. The van der Waals surface area contributed by atoms with Gasteiger partial charge < -0.3 is 19.7 Å². The van der Waals surface area contributed by atoms with Crippen LogP contribution in [0.2, 0.25) is 0 Å². The van der Waals surface area contributed by atoms with Gasteiger partial charge in [0, 0.05) is 24.3 Å². The molecule has 1 aromatic rings. The zero-order valence-electron chi connectivity index (χ0n) is 13.8. The van der Waals surface area contributed by atoms with Crippen LogP contribution < -0.4 is 14.8 Å². The molecule has 1 N–H and O–H groups in total. The van der Waals surface area contributed by atoms with E-state index in [2.05, 4.69) is 11.4 Å². The number of fused-ring (bicyclic) bond motifs is 1. The molecule has 6 heteroatoms. The second kappa shape index (κ2) is 7.91. The highest BCUT2D eigenvalue weighted by molar-refractivity contribution is 5.90. The predicted molar refractivity (Wildman–Crippen MR) is 90.3 cm³/mol. The fourth-order valence-electron chi connectivity index (χ4n) is 3.33. The topological polar surface area (TPSA) is 74.6 Å². The number of hydrogen-bond acceptors (Lipinski definition) is 4. The van der Waals surface area contributed by atoms with Crippen LogP contribution >= 0.6 is 0 Å². The average Bonchev–Trinajstić information content (AvgIpc) is 2.63. The van der Waals surface area contributed by atoms with Crippen molar-refractivity contribution in [3.8, 4) is 17.6 Å². The summed E-state index contributed by atoms with van der Waals surface area (Å²) in [6.07, 6.45) is 5.90. The van der Waals surface area contributed by atoms with Crippen molar-refractivity contribution in [1.29, 1.82) is 5.26 Å². The summed E-state index contributed by atoms with van der Waals surface area (Å²) in [6.45, 7) is 1.53. The van der Waals surface area contributed by atoms with Crippen LogP contribution in [-0.2, 0) is 0 Å². The molecular weight excluding hydrogens is 306 g/mol. The lowest BCUT2D eigenvalue weighted by atomic mass is 9.94. The maximum Gasteiger partial charge on any atom is 0.322 e. The number of rotatable bonds is 4. The van der Waals surface area contributed by atoms with Crippen molar-refractivity contribution in [3.05, 3.63) is 18.2 Å². The van der Waals surface area contributed by atoms with E-state index in [9.17, 15) is 4.79 Å². The van der Waals surface area contributed by atoms with Gasteiger partial charge in [-0.05, 0) is 25.0 Å². The number of nitrogens with one attached hydrogen (secondary N) is 1. The molecule has 1 saturated carbocycles. The summed E-state index contributed by atoms with van der Waals surface area (Å²) >= 11 is 0. The molecule has 1 heterocycles. The van der Waals surface area contributed by atoms with Gasteiger partial charge >= 0.3 is 6.03 Å². The third-order valence-corrected chi connectivity index (χ3v) is 4.53. The smallest absolute Gasteiger partial charge is 0.322 e. The number of nitriles is 1. The molecule has 0 atom stereocenters. The minimum Gasteiger partial charge on any atom is -0.486 e. The maximum absolute atomic E-state index is 12.7. The first kappa shape index (κ1) is 16.4. The highest BCUT2D eigenvalue weighted by Crippen LogP contribution is 2.33. The zero-order valence-corrected chi connectivity index (χ0v) is 13.8. The Morgan fingerprint density at radius 1 is 1.21 bits per heavy atom. The molecule has 0 saturated heterocycles. The largest absolute Gasteiger partial charge is 0.486 e. The zero-order chi connectivity index (χ0) is 16.8. The normalized spacial score (nSPS) is 17.0. The van der Waals surface area contributed by atoms with Gasteiger partial charge in [-0.2, -0.15) is 5.26 Å². The van der Waals surface area contributed by atoms with E-state index in [1.807, 2.05) is 17.0 Å². The number of urea groups is 1. The monoisotopic (exact) mass is 329 g/mol. The summed E-state index contributed by atoms with van der Waals surface area (Å²) in [5, 5.41) is 11.8. The number of carbonyl (C=O) groups excluding carboxylic acids is 1. The number of nitrogens with zero attached hydrogens (tertiary/aromatic N) is 2. The van der Waals surface area contributed by atoms with Crippen molar-refractivity contribution in [1.82, 2.24) is 4.90 Å². The molecule has 1 fully saturated rings. The minimum absolute atomic E-state index is 0.145. The van der Waals surface area contributed by atoms with E-state index in [-0.39, 0.29) is 12.1 Å². The first-order valence-corrected chi connectivity index (χ1v) is 8.62. The van der Waals surface area contributed by atoms with Crippen LogP contribution in [-0.4, -0.2) is 36.7 Å². The van der Waals surface area contributed by atoms with E-state index in [0.717, 1.165) is 25.7 Å². The molecule has 6 nitrogen and oxygen atoms in total. The van der Waals surface area contributed by atoms with Crippen LogP contribution in [0.5, 0.6) is 11.5 Å². The predicted octanol–water partition coefficient (Wildman–Crippen LogP) is 3.54. The molecule has 24 heavy (non-hydrogen) atoms. The van der Waals surface area contributed by atoms with E-state index in [1.54, 1.807) is 6.07 Å². The van der Waals surface area contributed by atoms with Gasteiger partial charge in [-0.15, -0.1) is 0 Å². The van der Waals surface area contributed by atoms with Crippen LogP contribution in [0.4, 0.5) is 10.5 Å². The summed E-state index contributed by atoms with van der Waals surface area (Å²) in [4.78, 5) is 14.5. The van der Waals surface area contributed by atoms with Gasteiger partial charge in [0.15, 0.2) is 11.5 Å². The Balaban J connectivity index is 1.69. The lowest BCUT2D eigenvalue weighted by Gasteiger charge is -2.34. The minimum atomic E-state index is -0.145. The van der Waals surface area contributed by atoms with Crippen molar-refractivity contribution >= 4 is 11.7 Å². The average molecular weight is 329 g/mol. The van der Waals surface area contributed by atoms with Crippen molar-refractivity contribution in [2.24, 2.45) is 0 Å². The highest BCUT2D eigenvalue weighted by Gasteiger charge is 2.25. The number of carbonyl (C=O) groups is 1. The maximum atomic E-state index is 12.7. The Morgan fingerprint density at radius 3 is 2.71 bits per heavy atom. The number of anilines is 1. The molecule has 1 aliphatic carbocycles. The van der Waals surface area contributed by atoms with Gasteiger partial charge in [-0.25, -0.2) is 4.79 Å². The summed E-state index contributed by atoms with van der Waals surface area (Å²) in [6, 6.07) is 7.63. The Labute approximate surface area is 142 Å². The van der Waals surface area contributed by atoms with Crippen LogP contribution in [0.25, 0.3) is 0 Å². The third-order valence-electron chi connectivity index (χ3n) is 4.53. The molecule has 2 aliphatic rings. The Kier molecular flexibility index (Phi) is 5.42. The first-order valence-electron chi connectivity index (χ1n) is 8.62. The summed E-state index contributed by atoms with van der Waals surface area (Å²) in [7, 11) is 0. The summed E-state index contributed by atoms with van der Waals surface area (Å²) < 4.78 is 11.0. The third kappa shape index (κ3) is 3.91. The molecule has 2 amide bonds. The highest BCUT2D eigenvalue weighted by atomic mass is 16.6. The second-order valence-corrected chi connectivity index (χ2v) is 6.18. The van der Waals surface area contributed by atoms with Crippen LogP contribution in [0, 0.1) is 11.3 Å². The van der Waals surface area contributed by atoms with Crippen LogP contribution in [0.15, 0.2) is 18.2 Å². The van der Waals surface area contributed by atoms with Crippen LogP contribution in [0.3, 0.4) is 0 Å². The van der Waals surface area contributed by atoms with E-state index in [1.165, 1.54) is 6.42 Å². The molecule has 0 radical (unpaired) electrons. The first-order chi connectivity index (χ1) is 11.8. The quantitative estimate of drug-likeness (QED) is 0.917. The van der Waals surface area contributed by atoms with Gasteiger partial charge in [-0.1, -0.05) is 19.3 Å². The lowest BCUT2D eigenvalue weighted by molar-refractivity contribution is 0.168. The van der Waals surface area contributed by atoms with Gasteiger partial charge in [0.05, 0.1) is 12.5 Å². The fourth-order valence-corrected chi connectivity index (χ4v) is 3.33. The summed E-state index contributed by atoms with van der Waals surface area (Å²) in [5.41, 5.74) is 0.682. The van der Waals surface area contributed by atoms with Crippen molar-refractivity contribution in [2.45, 2.75) is 44.6 Å². The number of amides is 2. The van der Waals surface area contributed by atoms with E-state index < -0.39 is 0 Å². The van der Waals surface area contributed by atoms with Crippen molar-refractivity contribution < 1.29 is 14.3 Å². The molecule has 0 bridgehead atoms. The molecule has 128 valence electrons. The fraction of sp³-hybridized carbons (Fsp3) is 0.556.